The highest BCUT2D eigenvalue weighted by Gasteiger charge is 2.16. The molecule has 5 heteroatoms. The maximum Gasteiger partial charge on any atom is 0.225 e. The van der Waals surface area contributed by atoms with Crippen molar-refractivity contribution in [2.75, 3.05) is 25.0 Å². The summed E-state index contributed by atoms with van der Waals surface area (Å²) in [5.74, 6) is 0.430. The number of likely N-dealkylation sites (tertiary alicyclic amines) is 1. The zero-order valence-corrected chi connectivity index (χ0v) is 12.6. The largest absolute Gasteiger partial charge is 0.326 e. The van der Waals surface area contributed by atoms with Crippen LogP contribution in [0.2, 0.25) is 0 Å². The molecule has 112 valence electrons. The maximum absolute atomic E-state index is 12.7. The number of hydrogen-bond acceptors (Lipinski definition) is 2. The summed E-state index contributed by atoms with van der Waals surface area (Å²) >= 11 is 0. The van der Waals surface area contributed by atoms with Crippen LogP contribution in [0.5, 0.6) is 0 Å². The van der Waals surface area contributed by atoms with Crippen molar-refractivity contribution in [2.45, 2.75) is 26.2 Å². The third-order valence-corrected chi connectivity index (χ3v) is 3.52. The summed E-state index contributed by atoms with van der Waals surface area (Å²) in [4.78, 5) is 14.1. The number of carbonyl (C=O) groups is 1. The second-order valence-corrected chi connectivity index (χ2v) is 5.35. The van der Waals surface area contributed by atoms with Crippen LogP contribution in [0.1, 0.15) is 26.2 Å². The van der Waals surface area contributed by atoms with Crippen molar-refractivity contribution in [1.82, 2.24) is 4.90 Å². The molecule has 0 radical (unpaired) electrons. The first-order valence-corrected chi connectivity index (χ1v) is 6.91. The highest BCUT2D eigenvalue weighted by Crippen LogP contribution is 2.15. The van der Waals surface area contributed by atoms with Crippen LogP contribution in [0.25, 0.3) is 0 Å². The number of hydrogen-bond donors (Lipinski definition) is 1. The van der Waals surface area contributed by atoms with Crippen LogP contribution in [0.4, 0.5) is 10.1 Å². The number of benzene rings is 1. The zero-order chi connectivity index (χ0) is 13.7. The molecule has 2 rings (SSSR count). The van der Waals surface area contributed by atoms with Crippen LogP contribution < -0.4 is 5.32 Å². The number of carbonyl (C=O) groups excluding carboxylic acids is 1. The Balaban J connectivity index is 0.00000200. The molecule has 1 aliphatic rings. The molecule has 0 spiro atoms. The fourth-order valence-electron chi connectivity index (χ4n) is 2.51. The molecule has 1 aliphatic heterocycles. The Kier molecular flexibility index (Phi) is 6.96. The van der Waals surface area contributed by atoms with Crippen LogP contribution in [0, 0.1) is 11.7 Å². The minimum Gasteiger partial charge on any atom is -0.326 e. The summed E-state index contributed by atoms with van der Waals surface area (Å²) < 4.78 is 12.7. The second-order valence-electron chi connectivity index (χ2n) is 5.35. The molecule has 0 bridgehead atoms. The molecule has 1 atom stereocenters. The van der Waals surface area contributed by atoms with Crippen molar-refractivity contribution in [3.63, 3.8) is 0 Å². The first kappa shape index (κ1) is 16.9. The van der Waals surface area contributed by atoms with Gasteiger partial charge in [0.15, 0.2) is 0 Å². The van der Waals surface area contributed by atoms with E-state index in [-0.39, 0.29) is 24.1 Å². The smallest absolute Gasteiger partial charge is 0.225 e. The van der Waals surface area contributed by atoms with E-state index >= 15 is 0 Å². The van der Waals surface area contributed by atoms with Gasteiger partial charge >= 0.3 is 0 Å². The number of anilines is 1. The van der Waals surface area contributed by atoms with Crippen LogP contribution in [0.15, 0.2) is 24.3 Å². The summed E-state index contributed by atoms with van der Waals surface area (Å²) in [6.45, 7) is 5.24. The fraction of sp³-hybridized carbons (Fsp3) is 0.533. The van der Waals surface area contributed by atoms with E-state index in [4.69, 9.17) is 0 Å². The van der Waals surface area contributed by atoms with Gasteiger partial charge in [0.1, 0.15) is 5.82 Å². The highest BCUT2D eigenvalue weighted by molar-refractivity contribution is 5.90. The predicted octanol–water partition coefficient (Wildman–Crippen LogP) is 3.31. The number of amides is 1. The molecule has 0 saturated carbocycles. The predicted molar refractivity (Wildman–Crippen MR) is 81.7 cm³/mol. The minimum atomic E-state index is -0.291. The van der Waals surface area contributed by atoms with Crippen molar-refractivity contribution < 1.29 is 9.18 Å². The van der Waals surface area contributed by atoms with Crippen molar-refractivity contribution >= 4 is 24.0 Å². The van der Waals surface area contributed by atoms with Crippen molar-refractivity contribution in [3.05, 3.63) is 30.1 Å². The van der Waals surface area contributed by atoms with E-state index in [0.29, 0.717) is 12.1 Å². The van der Waals surface area contributed by atoms with E-state index in [1.54, 1.807) is 12.1 Å². The first-order valence-electron chi connectivity index (χ1n) is 6.91. The van der Waals surface area contributed by atoms with E-state index in [1.807, 2.05) is 0 Å². The molecule has 1 heterocycles. The van der Waals surface area contributed by atoms with E-state index in [1.165, 1.54) is 25.0 Å². The van der Waals surface area contributed by atoms with Crippen molar-refractivity contribution in [3.8, 4) is 0 Å². The lowest BCUT2D eigenvalue weighted by Crippen LogP contribution is -2.36. The number of nitrogens with one attached hydrogen (secondary N) is 1. The van der Waals surface area contributed by atoms with Gasteiger partial charge in [0, 0.05) is 25.2 Å². The van der Waals surface area contributed by atoms with E-state index < -0.39 is 0 Å². The number of piperidine rings is 1. The topological polar surface area (TPSA) is 32.3 Å². The summed E-state index contributed by atoms with van der Waals surface area (Å²) in [5, 5.41) is 2.79. The average molecular weight is 301 g/mol. The first-order chi connectivity index (χ1) is 9.13. The minimum absolute atomic E-state index is 0. The highest BCUT2D eigenvalue weighted by atomic mass is 35.5. The van der Waals surface area contributed by atoms with Gasteiger partial charge in [0.05, 0.1) is 0 Å². The Morgan fingerprint density at radius 3 is 2.75 bits per heavy atom. The number of rotatable bonds is 4. The molecule has 20 heavy (non-hydrogen) atoms. The van der Waals surface area contributed by atoms with Gasteiger partial charge in [-0.25, -0.2) is 4.39 Å². The van der Waals surface area contributed by atoms with Crippen molar-refractivity contribution in [1.29, 1.82) is 0 Å². The lowest BCUT2D eigenvalue weighted by molar-refractivity contribution is -0.116. The van der Waals surface area contributed by atoms with Crippen LogP contribution >= 0.6 is 12.4 Å². The Bertz CT molecular complexity index is 424. The molecule has 1 aromatic rings. The molecule has 3 nitrogen and oxygen atoms in total. The standard InChI is InChI=1S/C15H21FN2O.ClH/c1-12-3-2-9-18(11-12)10-8-15(19)17-14-6-4-13(16)5-7-14;/h4-7,12H,2-3,8-11H2,1H3,(H,17,19);1H. The van der Waals surface area contributed by atoms with Gasteiger partial charge in [-0.1, -0.05) is 6.92 Å². The normalized spacial score (nSPS) is 19.2. The van der Waals surface area contributed by atoms with Crippen LogP contribution in [-0.2, 0) is 4.79 Å². The molecule has 1 fully saturated rings. The van der Waals surface area contributed by atoms with Gasteiger partial charge in [-0.2, -0.15) is 0 Å². The average Bonchev–Trinajstić information content (AvgIpc) is 2.39. The van der Waals surface area contributed by atoms with Crippen LogP contribution in [0.3, 0.4) is 0 Å². The summed E-state index contributed by atoms with van der Waals surface area (Å²) in [6.07, 6.45) is 3.00. The summed E-state index contributed by atoms with van der Waals surface area (Å²) in [7, 11) is 0. The number of nitrogens with zero attached hydrogens (tertiary/aromatic N) is 1. The Hall–Kier alpha value is -1.13. The Morgan fingerprint density at radius 2 is 2.10 bits per heavy atom. The van der Waals surface area contributed by atoms with Gasteiger partial charge in [-0.3, -0.25) is 4.79 Å². The second kappa shape index (κ2) is 8.22. The zero-order valence-electron chi connectivity index (χ0n) is 11.8. The quantitative estimate of drug-likeness (QED) is 0.925. The molecule has 0 aliphatic carbocycles. The summed E-state index contributed by atoms with van der Waals surface area (Å²) in [6, 6.07) is 5.86. The van der Waals surface area contributed by atoms with E-state index in [9.17, 15) is 9.18 Å². The van der Waals surface area contributed by atoms with Crippen molar-refractivity contribution in [2.24, 2.45) is 5.92 Å². The van der Waals surface area contributed by atoms with Gasteiger partial charge in [-0.05, 0) is 49.6 Å². The molecular formula is C15H22ClFN2O. The third-order valence-electron chi connectivity index (χ3n) is 3.52. The molecule has 1 unspecified atom stereocenters. The molecule has 0 aromatic heterocycles. The van der Waals surface area contributed by atoms with Gasteiger partial charge < -0.3 is 10.2 Å². The Labute approximate surface area is 125 Å². The van der Waals surface area contributed by atoms with Gasteiger partial charge in [-0.15, -0.1) is 12.4 Å². The summed E-state index contributed by atoms with van der Waals surface area (Å²) in [5.41, 5.74) is 0.651. The maximum atomic E-state index is 12.7. The van der Waals surface area contributed by atoms with E-state index in [2.05, 4.69) is 17.1 Å². The fourth-order valence-corrected chi connectivity index (χ4v) is 2.51. The lowest BCUT2D eigenvalue weighted by Gasteiger charge is -2.30. The molecule has 1 amide bonds. The van der Waals surface area contributed by atoms with Crippen LogP contribution in [-0.4, -0.2) is 30.4 Å². The molecule has 1 N–H and O–H groups in total. The SMILES string of the molecule is CC1CCCN(CCC(=O)Nc2ccc(F)cc2)C1.Cl. The van der Waals surface area contributed by atoms with Gasteiger partial charge in [0.25, 0.3) is 0 Å². The number of halogens is 2. The van der Waals surface area contributed by atoms with Gasteiger partial charge in [0.2, 0.25) is 5.91 Å². The molecule has 1 aromatic carbocycles. The lowest BCUT2D eigenvalue weighted by atomic mass is 10.0. The third kappa shape index (κ3) is 5.47. The molecular weight excluding hydrogens is 279 g/mol. The Morgan fingerprint density at radius 1 is 1.40 bits per heavy atom. The molecule has 1 saturated heterocycles. The monoisotopic (exact) mass is 300 g/mol. The van der Waals surface area contributed by atoms with E-state index in [0.717, 1.165) is 25.6 Å².